The maximum atomic E-state index is 12.7. The van der Waals surface area contributed by atoms with Crippen molar-refractivity contribution in [2.75, 3.05) is 23.7 Å². The summed E-state index contributed by atoms with van der Waals surface area (Å²) >= 11 is 0. The van der Waals surface area contributed by atoms with Crippen LogP contribution in [-0.2, 0) is 6.18 Å². The second kappa shape index (κ2) is 5.04. The number of nitrogens with zero attached hydrogens (tertiary/aromatic N) is 2. The molecule has 1 saturated heterocycles. The van der Waals surface area contributed by atoms with Crippen LogP contribution in [0.15, 0.2) is 12.1 Å². The Kier molecular flexibility index (Phi) is 3.63. The van der Waals surface area contributed by atoms with Gasteiger partial charge in [-0.3, -0.25) is 0 Å². The van der Waals surface area contributed by atoms with Crippen LogP contribution in [0.2, 0.25) is 0 Å². The third-order valence-corrected chi connectivity index (χ3v) is 3.09. The van der Waals surface area contributed by atoms with E-state index >= 15 is 0 Å². The molecule has 0 amide bonds. The molecular weight excluding hydrogens is 243 g/mol. The van der Waals surface area contributed by atoms with Gasteiger partial charge in [0, 0.05) is 13.1 Å². The molecule has 0 radical (unpaired) electrons. The molecule has 18 heavy (non-hydrogen) atoms. The standard InChI is InChI=1S/C12H16F3N3/c13-12(14,15)9-7-10(16)17-11(8-9)18-5-3-1-2-4-6-18/h7-8H,1-6H2,(H2,16,17). The van der Waals surface area contributed by atoms with Crippen molar-refractivity contribution in [3.63, 3.8) is 0 Å². The zero-order valence-electron chi connectivity index (χ0n) is 10.0. The average Bonchev–Trinajstić information content (AvgIpc) is 2.55. The Morgan fingerprint density at radius 3 is 2.22 bits per heavy atom. The Balaban J connectivity index is 2.29. The highest BCUT2D eigenvalue weighted by atomic mass is 19.4. The van der Waals surface area contributed by atoms with E-state index in [2.05, 4.69) is 4.98 Å². The van der Waals surface area contributed by atoms with Crippen molar-refractivity contribution in [3.8, 4) is 0 Å². The first kappa shape index (κ1) is 13.0. The number of hydrogen-bond acceptors (Lipinski definition) is 3. The molecule has 0 atom stereocenters. The maximum absolute atomic E-state index is 12.7. The third-order valence-electron chi connectivity index (χ3n) is 3.09. The monoisotopic (exact) mass is 259 g/mol. The van der Waals surface area contributed by atoms with Crippen LogP contribution in [-0.4, -0.2) is 18.1 Å². The fourth-order valence-corrected chi connectivity index (χ4v) is 2.16. The zero-order chi connectivity index (χ0) is 13.2. The van der Waals surface area contributed by atoms with Crippen LogP contribution < -0.4 is 10.6 Å². The van der Waals surface area contributed by atoms with Crippen molar-refractivity contribution in [1.29, 1.82) is 0 Å². The summed E-state index contributed by atoms with van der Waals surface area (Å²) in [5.74, 6) is 0.258. The zero-order valence-corrected chi connectivity index (χ0v) is 10.0. The molecule has 2 rings (SSSR count). The summed E-state index contributed by atoms with van der Waals surface area (Å²) in [5.41, 5.74) is 4.74. The molecule has 0 unspecified atom stereocenters. The lowest BCUT2D eigenvalue weighted by atomic mass is 10.2. The van der Waals surface area contributed by atoms with Gasteiger partial charge in [0.15, 0.2) is 0 Å². The number of pyridine rings is 1. The molecule has 1 aliphatic rings. The second-order valence-corrected chi connectivity index (χ2v) is 4.54. The minimum Gasteiger partial charge on any atom is -0.384 e. The van der Waals surface area contributed by atoms with Gasteiger partial charge in [-0.1, -0.05) is 12.8 Å². The van der Waals surface area contributed by atoms with Gasteiger partial charge in [-0.15, -0.1) is 0 Å². The molecule has 0 aromatic carbocycles. The van der Waals surface area contributed by atoms with Gasteiger partial charge in [-0.2, -0.15) is 13.2 Å². The predicted octanol–water partition coefficient (Wildman–Crippen LogP) is 3.06. The topological polar surface area (TPSA) is 42.1 Å². The molecule has 0 bridgehead atoms. The minimum atomic E-state index is -4.38. The molecular formula is C12H16F3N3. The molecule has 3 nitrogen and oxygen atoms in total. The summed E-state index contributed by atoms with van der Waals surface area (Å²) in [7, 11) is 0. The Morgan fingerprint density at radius 1 is 1.06 bits per heavy atom. The number of hydrogen-bond donors (Lipinski definition) is 1. The van der Waals surface area contributed by atoms with E-state index < -0.39 is 11.7 Å². The third kappa shape index (κ3) is 3.05. The molecule has 0 aliphatic carbocycles. The van der Waals surface area contributed by atoms with Gasteiger partial charge < -0.3 is 10.6 Å². The Bertz CT molecular complexity index is 410. The van der Waals surface area contributed by atoms with Gasteiger partial charge in [0.05, 0.1) is 5.56 Å². The van der Waals surface area contributed by atoms with Crippen LogP contribution >= 0.6 is 0 Å². The van der Waals surface area contributed by atoms with Gasteiger partial charge in [0.1, 0.15) is 11.6 Å². The van der Waals surface area contributed by atoms with Gasteiger partial charge >= 0.3 is 6.18 Å². The summed E-state index contributed by atoms with van der Waals surface area (Å²) in [6, 6.07) is 1.96. The normalized spacial score (nSPS) is 17.6. The summed E-state index contributed by atoms with van der Waals surface area (Å²) in [6.45, 7) is 1.49. The fourth-order valence-electron chi connectivity index (χ4n) is 2.16. The van der Waals surface area contributed by atoms with Crippen LogP contribution in [0, 0.1) is 0 Å². The highest BCUT2D eigenvalue weighted by molar-refractivity contribution is 5.49. The van der Waals surface area contributed by atoms with Gasteiger partial charge in [0.25, 0.3) is 0 Å². The number of rotatable bonds is 1. The summed E-state index contributed by atoms with van der Waals surface area (Å²) in [4.78, 5) is 5.90. The molecule has 1 aromatic heterocycles. The number of alkyl halides is 3. The molecule has 0 spiro atoms. The molecule has 0 saturated carbocycles. The van der Waals surface area contributed by atoms with Crippen LogP contribution in [0.1, 0.15) is 31.2 Å². The van der Waals surface area contributed by atoms with E-state index in [1.54, 1.807) is 0 Å². The number of nitrogens with two attached hydrogens (primary N) is 1. The van der Waals surface area contributed by atoms with E-state index in [0.29, 0.717) is 5.82 Å². The number of nitrogen functional groups attached to an aromatic ring is 1. The fraction of sp³-hybridized carbons (Fsp3) is 0.583. The Hall–Kier alpha value is -1.46. The summed E-state index contributed by atoms with van der Waals surface area (Å²) in [6.07, 6.45) is -0.177. The van der Waals surface area contributed by atoms with E-state index in [-0.39, 0.29) is 5.82 Å². The van der Waals surface area contributed by atoms with Gasteiger partial charge in [-0.25, -0.2) is 4.98 Å². The van der Waals surface area contributed by atoms with Gasteiger partial charge in [-0.05, 0) is 25.0 Å². The van der Waals surface area contributed by atoms with Crippen LogP contribution in [0.3, 0.4) is 0 Å². The van der Waals surface area contributed by atoms with Crippen molar-refractivity contribution >= 4 is 11.6 Å². The van der Waals surface area contributed by atoms with Crippen molar-refractivity contribution in [2.45, 2.75) is 31.9 Å². The van der Waals surface area contributed by atoms with Crippen molar-refractivity contribution < 1.29 is 13.2 Å². The number of halogens is 3. The van der Waals surface area contributed by atoms with Crippen molar-refractivity contribution in [1.82, 2.24) is 4.98 Å². The van der Waals surface area contributed by atoms with Crippen molar-refractivity contribution in [3.05, 3.63) is 17.7 Å². The lowest BCUT2D eigenvalue weighted by Crippen LogP contribution is -2.25. The molecule has 2 heterocycles. The smallest absolute Gasteiger partial charge is 0.384 e. The first-order chi connectivity index (χ1) is 8.47. The van der Waals surface area contributed by atoms with Gasteiger partial charge in [0.2, 0.25) is 0 Å². The van der Waals surface area contributed by atoms with Crippen LogP contribution in [0.5, 0.6) is 0 Å². The quantitative estimate of drug-likeness (QED) is 0.842. The van der Waals surface area contributed by atoms with Crippen LogP contribution in [0.25, 0.3) is 0 Å². The average molecular weight is 259 g/mol. The number of anilines is 2. The van der Waals surface area contributed by atoms with E-state index in [0.717, 1.165) is 50.9 Å². The molecule has 6 heteroatoms. The molecule has 100 valence electrons. The molecule has 1 aliphatic heterocycles. The first-order valence-corrected chi connectivity index (χ1v) is 6.06. The highest BCUT2D eigenvalue weighted by Gasteiger charge is 2.32. The Morgan fingerprint density at radius 2 is 1.67 bits per heavy atom. The lowest BCUT2D eigenvalue weighted by molar-refractivity contribution is -0.137. The Labute approximate surface area is 104 Å². The van der Waals surface area contributed by atoms with E-state index in [4.69, 9.17) is 5.73 Å². The van der Waals surface area contributed by atoms with E-state index in [1.165, 1.54) is 0 Å². The minimum absolute atomic E-state index is 0.0796. The van der Waals surface area contributed by atoms with E-state index in [9.17, 15) is 13.2 Å². The molecule has 1 fully saturated rings. The second-order valence-electron chi connectivity index (χ2n) is 4.54. The van der Waals surface area contributed by atoms with E-state index in [1.807, 2.05) is 4.90 Å². The maximum Gasteiger partial charge on any atom is 0.416 e. The molecule has 2 N–H and O–H groups in total. The first-order valence-electron chi connectivity index (χ1n) is 6.06. The summed E-state index contributed by atoms with van der Waals surface area (Å²) in [5, 5.41) is 0. The SMILES string of the molecule is Nc1cc(C(F)(F)F)cc(N2CCCCCC2)n1. The largest absolute Gasteiger partial charge is 0.416 e. The van der Waals surface area contributed by atoms with Crippen molar-refractivity contribution in [2.24, 2.45) is 0 Å². The summed E-state index contributed by atoms with van der Waals surface area (Å²) < 4.78 is 38.1. The highest BCUT2D eigenvalue weighted by Crippen LogP contribution is 2.32. The molecule has 1 aromatic rings. The van der Waals surface area contributed by atoms with Crippen LogP contribution in [0.4, 0.5) is 24.8 Å². The predicted molar refractivity (Wildman–Crippen MR) is 64.3 cm³/mol. The lowest BCUT2D eigenvalue weighted by Gasteiger charge is -2.22. The number of aromatic nitrogens is 1.